The summed E-state index contributed by atoms with van der Waals surface area (Å²) in [6.45, 7) is -1.36. The van der Waals surface area contributed by atoms with Gasteiger partial charge in [0.25, 0.3) is 0 Å². The van der Waals surface area contributed by atoms with Crippen LogP contribution in [0, 0.1) is 0 Å². The fourth-order valence-corrected chi connectivity index (χ4v) is 7.91. The first kappa shape index (κ1) is 50.7. The molecule has 2 saturated heterocycles. The molecule has 0 saturated carbocycles. The molecule has 0 aromatic heterocycles. The molecule has 10 atom stereocenters. The van der Waals surface area contributed by atoms with E-state index in [0.29, 0.717) is 0 Å². The van der Waals surface area contributed by atoms with Crippen molar-refractivity contribution in [2.24, 2.45) is 5.11 Å². The largest absolute Gasteiger partial charge is 0.459 e. The zero-order valence-corrected chi connectivity index (χ0v) is 38.4. The van der Waals surface area contributed by atoms with Crippen LogP contribution in [0.4, 0.5) is 0 Å². The smallest absolute Gasteiger partial charge is 0.338 e. The van der Waals surface area contributed by atoms with Crippen LogP contribution in [0.2, 0.25) is 0 Å². The molecule has 0 bridgehead atoms. The molecule has 6 aromatic carbocycles. The molecule has 2 fully saturated rings. The molecule has 2 heterocycles. The average Bonchev–Trinajstić information content (AvgIpc) is 3.44. The van der Waals surface area contributed by atoms with Crippen LogP contribution in [-0.4, -0.2) is 115 Å². The number of aliphatic hydroxyl groups is 1. The lowest BCUT2D eigenvalue weighted by Gasteiger charge is -2.48. The zero-order chi connectivity index (χ0) is 51.1. The predicted octanol–water partition coefficient (Wildman–Crippen LogP) is 7.11. The van der Waals surface area contributed by atoms with Gasteiger partial charge in [0, 0.05) is 4.91 Å². The first-order chi connectivity index (χ1) is 35.6. The van der Waals surface area contributed by atoms with E-state index in [1.54, 1.807) is 109 Å². The Balaban J connectivity index is 1.26. The van der Waals surface area contributed by atoms with E-state index < -0.39 is 110 Å². The number of carbonyl (C=O) groups excluding carboxylic acids is 6. The van der Waals surface area contributed by atoms with Crippen LogP contribution in [0.5, 0.6) is 0 Å². The monoisotopic (exact) mass is 991 g/mol. The van der Waals surface area contributed by atoms with Crippen molar-refractivity contribution in [3.8, 4) is 0 Å². The second-order valence-corrected chi connectivity index (χ2v) is 16.3. The summed E-state index contributed by atoms with van der Waals surface area (Å²) in [4.78, 5) is 86.7. The van der Waals surface area contributed by atoms with Crippen molar-refractivity contribution in [1.29, 1.82) is 0 Å². The standard InChI is InChI=1S/C54H45N3O16/c55-57-56-31-39-41(68-48(59)34-21-9-2-10-22-34)44(70-50(61)36-25-13-4-14-26-36)46(72-52(63)38-29-17-6-18-30-38)54(67-39)73-42-40(32-65-47(58)33-19-7-1-8-20-33)66-53(64)45(71-51(62)37-27-15-5-16-28-37)43(42)69-49(60)35-23-11-3-12-24-35/h1-30,39-46,53-54,64H,31-32H2/t39-,40-,41+,42-,43+,44+,45+,46-,53+,54+/m1/s1. The summed E-state index contributed by atoms with van der Waals surface area (Å²) in [5, 5.41) is 15.4. The number of ether oxygens (including phenoxy) is 9. The molecule has 0 radical (unpaired) electrons. The van der Waals surface area contributed by atoms with E-state index in [1.807, 2.05) is 0 Å². The molecule has 1 N–H and O–H groups in total. The second-order valence-electron chi connectivity index (χ2n) is 16.3. The van der Waals surface area contributed by atoms with Crippen molar-refractivity contribution >= 4 is 35.8 Å². The van der Waals surface area contributed by atoms with Crippen LogP contribution in [0.25, 0.3) is 10.4 Å². The number of esters is 6. The highest BCUT2D eigenvalue weighted by atomic mass is 16.8. The third-order valence-corrected chi connectivity index (χ3v) is 11.5. The molecule has 8 rings (SSSR count). The van der Waals surface area contributed by atoms with Crippen molar-refractivity contribution in [1.82, 2.24) is 0 Å². The second kappa shape index (κ2) is 24.4. The molecule has 372 valence electrons. The topological polar surface area (TPSA) is 254 Å². The fourth-order valence-electron chi connectivity index (χ4n) is 7.91. The fraction of sp³-hybridized carbons (Fsp3) is 0.222. The van der Waals surface area contributed by atoms with Crippen LogP contribution >= 0.6 is 0 Å². The van der Waals surface area contributed by atoms with E-state index >= 15 is 0 Å². The van der Waals surface area contributed by atoms with E-state index in [9.17, 15) is 39.4 Å². The Morgan fingerprint density at radius 2 is 0.753 bits per heavy atom. The van der Waals surface area contributed by atoms with Crippen molar-refractivity contribution in [2.75, 3.05) is 13.2 Å². The Bertz CT molecular complexity index is 2880. The number of nitrogens with zero attached hydrogens (tertiary/aromatic N) is 3. The number of aliphatic hydroxyl groups excluding tert-OH is 1. The molecule has 19 heteroatoms. The van der Waals surface area contributed by atoms with Gasteiger partial charge in [0.15, 0.2) is 43.1 Å². The molecular formula is C54H45N3O16. The molecule has 2 aliphatic heterocycles. The minimum absolute atomic E-state index is 0.000740. The van der Waals surface area contributed by atoms with Gasteiger partial charge in [-0.05, 0) is 78.3 Å². The van der Waals surface area contributed by atoms with Gasteiger partial charge in [-0.3, -0.25) is 0 Å². The minimum Gasteiger partial charge on any atom is -0.459 e. The number of benzene rings is 6. The molecule has 73 heavy (non-hydrogen) atoms. The third kappa shape index (κ3) is 12.8. The molecule has 0 amide bonds. The van der Waals surface area contributed by atoms with Crippen molar-refractivity contribution in [3.63, 3.8) is 0 Å². The quantitative estimate of drug-likeness (QED) is 0.0314. The highest BCUT2D eigenvalue weighted by molar-refractivity contribution is 5.92. The summed E-state index contributed by atoms with van der Waals surface area (Å²) < 4.78 is 55.3. The number of carbonyl (C=O) groups is 6. The maximum atomic E-state index is 14.3. The third-order valence-electron chi connectivity index (χ3n) is 11.5. The van der Waals surface area contributed by atoms with Gasteiger partial charge in [-0.25, -0.2) is 28.8 Å². The van der Waals surface area contributed by atoms with Crippen molar-refractivity contribution < 1.29 is 76.5 Å². The average molecular weight is 992 g/mol. The summed E-state index contributed by atoms with van der Waals surface area (Å²) in [5.74, 6) is -5.80. The van der Waals surface area contributed by atoms with Gasteiger partial charge in [0.2, 0.25) is 0 Å². The number of rotatable bonds is 17. The highest BCUT2D eigenvalue weighted by Crippen LogP contribution is 2.36. The SMILES string of the molecule is [N-]=[N+]=NC[C@H]1O[C@@H](O[C@H]2[C@H](OC(=O)c3ccccc3)[C@H](OC(=O)c3ccccc3)[C@@H](O)O[C@@H]2COC(=O)c2ccccc2)[C@H](OC(=O)c2ccccc2)[C@@H](OC(=O)c2ccccc2)[C@H]1OC(=O)c1ccccc1. The van der Waals surface area contributed by atoms with Crippen LogP contribution in [0.15, 0.2) is 187 Å². The Morgan fingerprint density at radius 3 is 1.14 bits per heavy atom. The summed E-state index contributed by atoms with van der Waals surface area (Å²) in [5.41, 5.74) is 9.85. The normalized spacial score (nSPS) is 23.2. The molecular weight excluding hydrogens is 947 g/mol. The predicted molar refractivity (Wildman–Crippen MR) is 253 cm³/mol. The lowest BCUT2D eigenvalue weighted by molar-refractivity contribution is -0.349. The van der Waals surface area contributed by atoms with E-state index in [4.69, 9.17) is 42.6 Å². The minimum atomic E-state index is -2.10. The molecule has 0 aliphatic carbocycles. The van der Waals surface area contributed by atoms with Gasteiger partial charge in [-0.2, -0.15) is 0 Å². The maximum absolute atomic E-state index is 14.3. The summed E-state index contributed by atoms with van der Waals surface area (Å²) in [6, 6.07) is 46.2. The van der Waals surface area contributed by atoms with Crippen molar-refractivity contribution in [3.05, 3.63) is 226 Å². The van der Waals surface area contributed by atoms with Gasteiger partial charge < -0.3 is 47.7 Å². The molecule has 19 nitrogen and oxygen atoms in total. The summed E-state index contributed by atoms with van der Waals surface area (Å²) in [7, 11) is 0. The van der Waals surface area contributed by atoms with Crippen molar-refractivity contribution in [2.45, 2.75) is 61.4 Å². The number of hydrogen-bond acceptors (Lipinski definition) is 17. The van der Waals surface area contributed by atoms with Crippen LogP contribution < -0.4 is 0 Å². The Labute approximate surface area is 416 Å². The molecule has 2 aliphatic rings. The lowest BCUT2D eigenvalue weighted by atomic mass is 9.95. The highest BCUT2D eigenvalue weighted by Gasteiger charge is 2.58. The number of hydrogen-bond donors (Lipinski definition) is 1. The van der Waals surface area contributed by atoms with Gasteiger partial charge in [-0.1, -0.05) is 114 Å². The van der Waals surface area contributed by atoms with Crippen LogP contribution in [-0.2, 0) is 42.6 Å². The summed E-state index contributed by atoms with van der Waals surface area (Å²) >= 11 is 0. The Morgan fingerprint density at radius 1 is 0.425 bits per heavy atom. The van der Waals surface area contributed by atoms with Gasteiger partial charge >= 0.3 is 35.8 Å². The Kier molecular flexibility index (Phi) is 16.9. The van der Waals surface area contributed by atoms with Crippen LogP contribution in [0.3, 0.4) is 0 Å². The lowest BCUT2D eigenvalue weighted by Crippen LogP contribution is -2.67. The van der Waals surface area contributed by atoms with Gasteiger partial charge in [0.1, 0.15) is 24.9 Å². The van der Waals surface area contributed by atoms with E-state index in [-0.39, 0.29) is 33.4 Å². The van der Waals surface area contributed by atoms with E-state index in [0.717, 1.165) is 0 Å². The first-order valence-electron chi connectivity index (χ1n) is 22.8. The maximum Gasteiger partial charge on any atom is 0.338 e. The Hall–Kier alpha value is -8.71. The summed E-state index contributed by atoms with van der Waals surface area (Å²) in [6.07, 6.45) is -18.5. The van der Waals surface area contributed by atoms with E-state index in [1.165, 1.54) is 72.8 Å². The first-order valence-corrected chi connectivity index (χ1v) is 22.8. The van der Waals surface area contributed by atoms with E-state index in [2.05, 4.69) is 10.0 Å². The van der Waals surface area contributed by atoms with Gasteiger partial charge in [-0.15, -0.1) is 0 Å². The molecule has 0 spiro atoms. The molecule has 0 unspecified atom stereocenters. The van der Waals surface area contributed by atoms with Gasteiger partial charge in [0.05, 0.1) is 39.9 Å². The number of azide groups is 1. The van der Waals surface area contributed by atoms with Crippen LogP contribution in [0.1, 0.15) is 62.1 Å². The zero-order valence-electron chi connectivity index (χ0n) is 38.4. The molecule has 6 aromatic rings.